The van der Waals surface area contributed by atoms with Crippen LogP contribution in [0.3, 0.4) is 0 Å². The Morgan fingerprint density at radius 1 is 1.09 bits per heavy atom. The highest BCUT2D eigenvalue weighted by Gasteiger charge is 2.15. The summed E-state index contributed by atoms with van der Waals surface area (Å²) < 4.78 is 0. The van der Waals surface area contributed by atoms with Crippen LogP contribution in [0.4, 0.5) is 11.4 Å². The zero-order valence-electron chi connectivity index (χ0n) is 12.4. The standard InChI is InChI=1S/C16H15N3O4/c1-11-5-2-3-6-12(11)10-17-15(20)16(21)18-13-7-4-8-14(9-13)19(22)23/h2-9H,10H2,1H3,(H,17,20)(H,18,21). The Kier molecular flexibility index (Phi) is 5.03. The lowest BCUT2D eigenvalue weighted by molar-refractivity contribution is -0.384. The van der Waals surface area contributed by atoms with E-state index in [2.05, 4.69) is 10.6 Å². The highest BCUT2D eigenvalue weighted by atomic mass is 16.6. The number of hydrogen-bond acceptors (Lipinski definition) is 4. The van der Waals surface area contributed by atoms with Crippen LogP contribution < -0.4 is 10.6 Å². The average molecular weight is 313 g/mol. The van der Waals surface area contributed by atoms with Gasteiger partial charge in [-0.15, -0.1) is 0 Å². The van der Waals surface area contributed by atoms with Gasteiger partial charge in [-0.25, -0.2) is 0 Å². The first-order valence-corrected chi connectivity index (χ1v) is 6.85. The minimum Gasteiger partial charge on any atom is -0.344 e. The molecule has 2 N–H and O–H groups in total. The summed E-state index contributed by atoms with van der Waals surface area (Å²) in [6, 6.07) is 12.9. The van der Waals surface area contributed by atoms with Crippen molar-refractivity contribution in [1.29, 1.82) is 0 Å². The molecule has 0 aliphatic rings. The number of amides is 2. The third-order valence-corrected chi connectivity index (χ3v) is 3.22. The van der Waals surface area contributed by atoms with Gasteiger partial charge in [0.1, 0.15) is 0 Å². The van der Waals surface area contributed by atoms with Gasteiger partial charge in [-0.1, -0.05) is 30.3 Å². The van der Waals surface area contributed by atoms with Gasteiger partial charge >= 0.3 is 11.8 Å². The van der Waals surface area contributed by atoms with Gasteiger partial charge < -0.3 is 10.6 Å². The predicted molar refractivity (Wildman–Crippen MR) is 84.8 cm³/mol. The SMILES string of the molecule is Cc1ccccc1CNC(=O)C(=O)Nc1cccc([N+](=O)[O-])c1. The van der Waals surface area contributed by atoms with Crippen LogP contribution in [0.2, 0.25) is 0 Å². The van der Waals surface area contributed by atoms with Crippen molar-refractivity contribution in [1.82, 2.24) is 5.32 Å². The van der Waals surface area contributed by atoms with Crippen molar-refractivity contribution in [2.24, 2.45) is 0 Å². The van der Waals surface area contributed by atoms with Gasteiger partial charge in [0.05, 0.1) is 4.92 Å². The fourth-order valence-corrected chi connectivity index (χ4v) is 1.95. The van der Waals surface area contributed by atoms with Crippen LogP contribution in [-0.4, -0.2) is 16.7 Å². The molecule has 0 aliphatic carbocycles. The molecule has 7 heteroatoms. The summed E-state index contributed by atoms with van der Waals surface area (Å²) in [7, 11) is 0. The van der Waals surface area contributed by atoms with E-state index in [-0.39, 0.29) is 17.9 Å². The lowest BCUT2D eigenvalue weighted by Gasteiger charge is -2.08. The molecule has 0 bridgehead atoms. The summed E-state index contributed by atoms with van der Waals surface area (Å²) in [4.78, 5) is 33.7. The minimum absolute atomic E-state index is 0.164. The Hall–Kier alpha value is -3.22. The first-order chi connectivity index (χ1) is 11.0. The first kappa shape index (κ1) is 16.2. The molecule has 2 amide bonds. The number of nitro benzene ring substituents is 1. The van der Waals surface area contributed by atoms with E-state index in [0.717, 1.165) is 11.1 Å². The van der Waals surface area contributed by atoms with Crippen LogP contribution in [0.15, 0.2) is 48.5 Å². The van der Waals surface area contributed by atoms with E-state index in [9.17, 15) is 19.7 Å². The number of benzene rings is 2. The van der Waals surface area contributed by atoms with Crippen molar-refractivity contribution in [3.63, 3.8) is 0 Å². The van der Waals surface area contributed by atoms with Crippen LogP contribution in [0.25, 0.3) is 0 Å². The number of carbonyl (C=O) groups excluding carboxylic acids is 2. The highest BCUT2D eigenvalue weighted by Crippen LogP contribution is 2.16. The smallest absolute Gasteiger partial charge is 0.313 e. The number of anilines is 1. The summed E-state index contributed by atoms with van der Waals surface area (Å²) in [6.07, 6.45) is 0. The van der Waals surface area contributed by atoms with Crippen LogP contribution in [0, 0.1) is 17.0 Å². The van der Waals surface area contributed by atoms with Crippen LogP contribution in [0.5, 0.6) is 0 Å². The lowest BCUT2D eigenvalue weighted by Crippen LogP contribution is -2.35. The normalized spacial score (nSPS) is 9.96. The molecular weight excluding hydrogens is 298 g/mol. The van der Waals surface area contributed by atoms with Gasteiger partial charge in [-0.2, -0.15) is 0 Å². The van der Waals surface area contributed by atoms with E-state index in [4.69, 9.17) is 0 Å². The summed E-state index contributed by atoms with van der Waals surface area (Å²) in [6.45, 7) is 2.14. The van der Waals surface area contributed by atoms with E-state index >= 15 is 0 Å². The van der Waals surface area contributed by atoms with Crippen LogP contribution in [0.1, 0.15) is 11.1 Å². The van der Waals surface area contributed by atoms with E-state index in [0.29, 0.717) is 0 Å². The summed E-state index contributed by atoms with van der Waals surface area (Å²) in [5, 5.41) is 15.5. The highest BCUT2D eigenvalue weighted by molar-refractivity contribution is 6.39. The number of carbonyl (C=O) groups is 2. The quantitative estimate of drug-likeness (QED) is 0.513. The summed E-state index contributed by atoms with van der Waals surface area (Å²) >= 11 is 0. The minimum atomic E-state index is -0.876. The number of rotatable bonds is 4. The topological polar surface area (TPSA) is 101 Å². The molecule has 7 nitrogen and oxygen atoms in total. The van der Waals surface area contributed by atoms with E-state index in [1.165, 1.54) is 24.3 Å². The number of nitrogens with zero attached hydrogens (tertiary/aromatic N) is 1. The van der Waals surface area contributed by atoms with Crippen molar-refractivity contribution in [3.05, 3.63) is 69.8 Å². The molecule has 0 unspecified atom stereocenters. The molecule has 0 atom stereocenters. The number of nitro groups is 1. The van der Waals surface area contributed by atoms with Gasteiger partial charge in [-0.05, 0) is 24.1 Å². The first-order valence-electron chi connectivity index (χ1n) is 6.85. The van der Waals surface area contributed by atoms with Gasteiger partial charge in [0.2, 0.25) is 0 Å². The van der Waals surface area contributed by atoms with Crippen molar-refractivity contribution >= 4 is 23.2 Å². The fourth-order valence-electron chi connectivity index (χ4n) is 1.95. The third-order valence-electron chi connectivity index (χ3n) is 3.22. The molecule has 0 radical (unpaired) electrons. The van der Waals surface area contributed by atoms with Gasteiger partial charge in [0.25, 0.3) is 5.69 Å². The molecule has 0 heterocycles. The van der Waals surface area contributed by atoms with E-state index in [1.54, 1.807) is 0 Å². The molecule has 0 saturated carbocycles. The molecule has 0 aliphatic heterocycles. The van der Waals surface area contributed by atoms with Gasteiger partial charge in [-0.3, -0.25) is 19.7 Å². The third kappa shape index (κ3) is 4.37. The molecule has 2 rings (SSSR count). The Morgan fingerprint density at radius 2 is 1.83 bits per heavy atom. The Bertz CT molecular complexity index is 758. The zero-order valence-corrected chi connectivity index (χ0v) is 12.4. The second-order valence-corrected chi connectivity index (χ2v) is 4.87. The molecule has 2 aromatic carbocycles. The van der Waals surface area contributed by atoms with Crippen molar-refractivity contribution in [3.8, 4) is 0 Å². The molecule has 0 fully saturated rings. The molecule has 0 saturated heterocycles. The maximum absolute atomic E-state index is 11.8. The fraction of sp³-hybridized carbons (Fsp3) is 0.125. The Labute approximate surface area is 132 Å². The van der Waals surface area contributed by atoms with Crippen molar-refractivity contribution < 1.29 is 14.5 Å². The number of aryl methyl sites for hydroxylation is 1. The predicted octanol–water partition coefficient (Wildman–Crippen LogP) is 2.16. The lowest BCUT2D eigenvalue weighted by atomic mass is 10.1. The van der Waals surface area contributed by atoms with E-state index in [1.807, 2.05) is 31.2 Å². The maximum Gasteiger partial charge on any atom is 0.313 e. The number of hydrogen-bond donors (Lipinski definition) is 2. The van der Waals surface area contributed by atoms with Crippen LogP contribution >= 0.6 is 0 Å². The van der Waals surface area contributed by atoms with Crippen LogP contribution in [-0.2, 0) is 16.1 Å². The average Bonchev–Trinajstić information content (AvgIpc) is 2.54. The van der Waals surface area contributed by atoms with E-state index < -0.39 is 16.7 Å². The largest absolute Gasteiger partial charge is 0.344 e. The Morgan fingerprint density at radius 3 is 2.52 bits per heavy atom. The van der Waals surface area contributed by atoms with Gasteiger partial charge in [0, 0.05) is 24.4 Å². The molecule has 2 aromatic rings. The second-order valence-electron chi connectivity index (χ2n) is 4.87. The van der Waals surface area contributed by atoms with Crippen molar-refractivity contribution in [2.75, 3.05) is 5.32 Å². The molecule has 118 valence electrons. The summed E-state index contributed by atoms with van der Waals surface area (Å²) in [5.74, 6) is -1.68. The van der Waals surface area contributed by atoms with Gasteiger partial charge in [0.15, 0.2) is 0 Å². The second kappa shape index (κ2) is 7.17. The molecule has 0 spiro atoms. The molecule has 0 aromatic heterocycles. The zero-order chi connectivity index (χ0) is 16.8. The summed E-state index contributed by atoms with van der Waals surface area (Å²) in [5.41, 5.74) is 1.94. The maximum atomic E-state index is 11.8. The molecule has 23 heavy (non-hydrogen) atoms. The monoisotopic (exact) mass is 313 g/mol. The number of non-ortho nitro benzene ring substituents is 1. The Balaban J connectivity index is 1.95. The molecular formula is C16H15N3O4. The number of nitrogens with one attached hydrogen (secondary N) is 2. The van der Waals surface area contributed by atoms with Crippen molar-refractivity contribution in [2.45, 2.75) is 13.5 Å².